The molecule has 0 amide bonds. The van der Waals surface area contributed by atoms with E-state index in [1.165, 1.54) is 0 Å². The molecule has 0 aromatic heterocycles. The number of nitriles is 1. The highest BCUT2D eigenvalue weighted by Gasteiger charge is 2.47. The largest absolute Gasteiger partial charge is 0.389 e. The van der Waals surface area contributed by atoms with E-state index in [2.05, 4.69) is 13.0 Å². The first-order valence-corrected chi connectivity index (χ1v) is 5.61. The van der Waals surface area contributed by atoms with Crippen molar-refractivity contribution in [2.75, 3.05) is 0 Å². The number of hydrogen-bond acceptors (Lipinski definition) is 2. The molecule has 0 bridgehead atoms. The Hall–Kier alpha value is -0.550. The normalized spacial score (nSPS) is 37.2. The standard InChI is InChI=1S/C12H21NO/c1-4-11(3,14)12(9-13)7-5-10(2)6-8-12/h10,14H,4-8H2,1-3H3. The highest BCUT2D eigenvalue weighted by Crippen LogP contribution is 2.47. The zero-order chi connectivity index (χ0) is 10.8. The quantitative estimate of drug-likeness (QED) is 0.736. The molecule has 1 fully saturated rings. The van der Waals surface area contributed by atoms with Crippen molar-refractivity contribution in [1.29, 1.82) is 5.26 Å². The SMILES string of the molecule is CCC(C)(O)C1(C#N)CCC(C)CC1. The summed E-state index contributed by atoms with van der Waals surface area (Å²) in [6, 6.07) is 2.38. The Morgan fingerprint density at radius 1 is 1.50 bits per heavy atom. The molecule has 1 atom stereocenters. The predicted octanol–water partition coefficient (Wildman–Crippen LogP) is 2.87. The summed E-state index contributed by atoms with van der Waals surface area (Å²) in [6.45, 7) is 5.99. The summed E-state index contributed by atoms with van der Waals surface area (Å²) >= 11 is 0. The summed E-state index contributed by atoms with van der Waals surface area (Å²) in [6.07, 6.45) is 4.51. The second-order valence-electron chi connectivity index (χ2n) is 5.00. The second-order valence-corrected chi connectivity index (χ2v) is 5.00. The van der Waals surface area contributed by atoms with Gasteiger partial charge in [0.05, 0.1) is 17.1 Å². The average Bonchev–Trinajstić information content (AvgIpc) is 2.19. The van der Waals surface area contributed by atoms with E-state index in [0.717, 1.165) is 25.7 Å². The monoisotopic (exact) mass is 195 g/mol. The molecule has 1 unspecified atom stereocenters. The van der Waals surface area contributed by atoms with E-state index < -0.39 is 11.0 Å². The van der Waals surface area contributed by atoms with Crippen LogP contribution < -0.4 is 0 Å². The lowest BCUT2D eigenvalue weighted by molar-refractivity contribution is -0.0651. The average molecular weight is 195 g/mol. The van der Waals surface area contributed by atoms with Gasteiger partial charge in [-0.25, -0.2) is 0 Å². The second kappa shape index (κ2) is 3.90. The van der Waals surface area contributed by atoms with Gasteiger partial charge in [-0.15, -0.1) is 0 Å². The first kappa shape index (κ1) is 11.5. The van der Waals surface area contributed by atoms with Gasteiger partial charge in [0.2, 0.25) is 0 Å². The van der Waals surface area contributed by atoms with Gasteiger partial charge in [0.25, 0.3) is 0 Å². The fourth-order valence-electron chi connectivity index (χ4n) is 2.36. The van der Waals surface area contributed by atoms with Crippen molar-refractivity contribution in [3.8, 4) is 6.07 Å². The molecule has 0 aromatic rings. The maximum absolute atomic E-state index is 10.3. The number of rotatable bonds is 2. The minimum Gasteiger partial charge on any atom is -0.389 e. The van der Waals surface area contributed by atoms with Crippen LogP contribution in [0.25, 0.3) is 0 Å². The third-order valence-electron chi connectivity index (χ3n) is 4.06. The molecule has 14 heavy (non-hydrogen) atoms. The third-order valence-corrected chi connectivity index (χ3v) is 4.06. The summed E-state index contributed by atoms with van der Waals surface area (Å²) in [5.41, 5.74) is -1.31. The van der Waals surface area contributed by atoms with Gasteiger partial charge in [-0.2, -0.15) is 5.26 Å². The lowest BCUT2D eigenvalue weighted by Crippen LogP contribution is -2.46. The van der Waals surface area contributed by atoms with E-state index >= 15 is 0 Å². The molecule has 0 radical (unpaired) electrons. The molecular formula is C12H21NO. The molecule has 0 aliphatic heterocycles. The van der Waals surface area contributed by atoms with Crippen LogP contribution in [0.5, 0.6) is 0 Å². The molecule has 1 aliphatic rings. The molecule has 0 saturated heterocycles. The Kier molecular flexibility index (Phi) is 3.21. The zero-order valence-electron chi connectivity index (χ0n) is 9.51. The minimum atomic E-state index is -0.818. The topological polar surface area (TPSA) is 44.0 Å². The van der Waals surface area contributed by atoms with Crippen LogP contribution in [-0.4, -0.2) is 10.7 Å². The van der Waals surface area contributed by atoms with Crippen LogP contribution in [0.2, 0.25) is 0 Å². The lowest BCUT2D eigenvalue weighted by Gasteiger charge is -2.43. The van der Waals surface area contributed by atoms with Crippen molar-refractivity contribution in [3.05, 3.63) is 0 Å². The first-order chi connectivity index (χ1) is 6.47. The van der Waals surface area contributed by atoms with Crippen LogP contribution in [0.15, 0.2) is 0 Å². The van der Waals surface area contributed by atoms with Gasteiger partial charge in [-0.3, -0.25) is 0 Å². The number of hydrogen-bond donors (Lipinski definition) is 1. The summed E-state index contributed by atoms with van der Waals surface area (Å²) in [5.74, 6) is 0.712. The maximum Gasteiger partial charge on any atom is 0.0857 e. The summed E-state index contributed by atoms with van der Waals surface area (Å²) < 4.78 is 0. The van der Waals surface area contributed by atoms with E-state index in [1.54, 1.807) is 0 Å². The van der Waals surface area contributed by atoms with E-state index in [9.17, 15) is 10.4 Å². The molecule has 1 aliphatic carbocycles. The van der Waals surface area contributed by atoms with E-state index in [1.807, 2.05) is 13.8 Å². The molecule has 1 N–H and O–H groups in total. The van der Waals surface area contributed by atoms with Crippen LogP contribution in [0.3, 0.4) is 0 Å². The Balaban J connectivity index is 2.84. The summed E-state index contributed by atoms with van der Waals surface area (Å²) in [7, 11) is 0. The van der Waals surface area contributed by atoms with Crippen molar-refractivity contribution in [2.45, 2.75) is 58.5 Å². The molecule has 2 heteroatoms. The van der Waals surface area contributed by atoms with E-state index in [0.29, 0.717) is 12.3 Å². The molecule has 0 aromatic carbocycles. The number of aliphatic hydroxyl groups is 1. The van der Waals surface area contributed by atoms with Gasteiger partial charge in [-0.05, 0) is 44.9 Å². The molecule has 0 heterocycles. The van der Waals surface area contributed by atoms with Gasteiger partial charge in [0.1, 0.15) is 0 Å². The van der Waals surface area contributed by atoms with E-state index in [4.69, 9.17) is 0 Å². The van der Waals surface area contributed by atoms with Gasteiger partial charge >= 0.3 is 0 Å². The molecule has 1 saturated carbocycles. The fourth-order valence-corrected chi connectivity index (χ4v) is 2.36. The molecular weight excluding hydrogens is 174 g/mol. The van der Waals surface area contributed by atoms with Crippen molar-refractivity contribution in [1.82, 2.24) is 0 Å². The first-order valence-electron chi connectivity index (χ1n) is 5.61. The summed E-state index contributed by atoms with van der Waals surface area (Å²) in [4.78, 5) is 0. The van der Waals surface area contributed by atoms with Crippen molar-refractivity contribution in [2.24, 2.45) is 11.3 Å². The van der Waals surface area contributed by atoms with Gasteiger partial charge < -0.3 is 5.11 Å². The smallest absolute Gasteiger partial charge is 0.0857 e. The highest BCUT2D eigenvalue weighted by molar-refractivity contribution is 5.10. The molecule has 0 spiro atoms. The Labute approximate surface area is 86.9 Å². The van der Waals surface area contributed by atoms with Crippen LogP contribution in [-0.2, 0) is 0 Å². The van der Waals surface area contributed by atoms with Gasteiger partial charge in [-0.1, -0.05) is 13.8 Å². The van der Waals surface area contributed by atoms with Crippen LogP contribution in [0, 0.1) is 22.7 Å². The highest BCUT2D eigenvalue weighted by atomic mass is 16.3. The summed E-state index contributed by atoms with van der Waals surface area (Å²) in [5, 5.41) is 19.5. The van der Waals surface area contributed by atoms with Gasteiger partial charge in [0, 0.05) is 0 Å². The van der Waals surface area contributed by atoms with E-state index in [-0.39, 0.29) is 0 Å². The Morgan fingerprint density at radius 3 is 2.36 bits per heavy atom. The van der Waals surface area contributed by atoms with Crippen LogP contribution in [0.4, 0.5) is 0 Å². The minimum absolute atomic E-state index is 0.492. The van der Waals surface area contributed by atoms with Crippen LogP contribution in [0.1, 0.15) is 52.9 Å². The Morgan fingerprint density at radius 2 is 2.00 bits per heavy atom. The molecule has 1 rings (SSSR count). The van der Waals surface area contributed by atoms with Crippen molar-refractivity contribution < 1.29 is 5.11 Å². The third kappa shape index (κ3) is 1.79. The van der Waals surface area contributed by atoms with Crippen molar-refractivity contribution >= 4 is 0 Å². The van der Waals surface area contributed by atoms with Crippen molar-refractivity contribution in [3.63, 3.8) is 0 Å². The molecule has 2 nitrogen and oxygen atoms in total. The maximum atomic E-state index is 10.3. The Bertz CT molecular complexity index is 231. The molecule has 80 valence electrons. The fraction of sp³-hybridized carbons (Fsp3) is 0.917. The van der Waals surface area contributed by atoms with Gasteiger partial charge in [0.15, 0.2) is 0 Å². The zero-order valence-corrected chi connectivity index (χ0v) is 9.51. The predicted molar refractivity (Wildman–Crippen MR) is 56.6 cm³/mol. The van der Waals surface area contributed by atoms with Crippen LogP contribution >= 0.6 is 0 Å². The number of nitrogens with zero attached hydrogens (tertiary/aromatic N) is 1. The lowest BCUT2D eigenvalue weighted by atomic mass is 9.62.